The Morgan fingerprint density at radius 2 is 1.71 bits per heavy atom. The molecular formula is C26H28O5. The van der Waals surface area contributed by atoms with Crippen LogP contribution >= 0.6 is 0 Å². The first-order valence-corrected chi connectivity index (χ1v) is 10.4. The van der Waals surface area contributed by atoms with Crippen LogP contribution in [0.3, 0.4) is 0 Å². The molecule has 3 N–H and O–H groups in total. The summed E-state index contributed by atoms with van der Waals surface area (Å²) in [6, 6.07) is 17.7. The second kappa shape index (κ2) is 8.91. The van der Waals surface area contributed by atoms with Gasteiger partial charge in [0.25, 0.3) is 0 Å². The van der Waals surface area contributed by atoms with Crippen molar-refractivity contribution in [3.8, 4) is 0 Å². The van der Waals surface area contributed by atoms with Crippen molar-refractivity contribution in [2.24, 2.45) is 5.92 Å². The third-order valence-corrected chi connectivity index (χ3v) is 6.18. The van der Waals surface area contributed by atoms with Gasteiger partial charge in [0.1, 0.15) is 5.60 Å². The summed E-state index contributed by atoms with van der Waals surface area (Å²) in [4.78, 5) is 0. The van der Waals surface area contributed by atoms with Crippen LogP contribution < -0.4 is 10.4 Å². The molecule has 162 valence electrons. The van der Waals surface area contributed by atoms with Crippen molar-refractivity contribution in [2.75, 3.05) is 27.4 Å². The van der Waals surface area contributed by atoms with Gasteiger partial charge >= 0.3 is 0 Å². The Morgan fingerprint density at radius 1 is 0.968 bits per heavy atom. The number of methoxy groups -OCH3 is 2. The third-order valence-electron chi connectivity index (χ3n) is 6.18. The highest BCUT2D eigenvalue weighted by molar-refractivity contribution is 5.98. The highest BCUT2D eigenvalue weighted by atomic mass is 16.5. The summed E-state index contributed by atoms with van der Waals surface area (Å²) in [5.74, 6) is -0.552. The quantitative estimate of drug-likeness (QED) is 0.539. The fourth-order valence-corrected chi connectivity index (χ4v) is 4.78. The fraction of sp³-hybridized carbons (Fsp3) is 0.308. The standard InChI is InChI=1S/C26H28O5/c1-30-15-23-19(13-27)11-17-7-3-5-9-21(17)24(23)25-22-10-6-4-8-18(22)12-20(14-28)26(25,29)16-31-2/h3-12,20,27-29H,13-16H2,1-2H3. The molecule has 3 aromatic carbocycles. The number of aliphatic hydroxyl groups excluding tert-OH is 2. The Hall–Kier alpha value is -2.54. The van der Waals surface area contributed by atoms with E-state index >= 15 is 0 Å². The lowest BCUT2D eigenvalue weighted by molar-refractivity contribution is -0.0257. The van der Waals surface area contributed by atoms with Crippen LogP contribution in [0.1, 0.15) is 16.7 Å². The molecule has 5 heteroatoms. The van der Waals surface area contributed by atoms with Crippen molar-refractivity contribution in [1.29, 1.82) is 0 Å². The van der Waals surface area contributed by atoms with Crippen molar-refractivity contribution >= 4 is 22.4 Å². The molecular weight excluding hydrogens is 392 g/mol. The van der Waals surface area contributed by atoms with Crippen LogP contribution in [0.25, 0.3) is 22.4 Å². The second-order valence-electron chi connectivity index (χ2n) is 7.98. The van der Waals surface area contributed by atoms with Gasteiger partial charge in [-0.05, 0) is 44.0 Å². The largest absolute Gasteiger partial charge is 0.396 e. The number of benzene rings is 3. The summed E-state index contributed by atoms with van der Waals surface area (Å²) < 4.78 is 11.0. The van der Waals surface area contributed by atoms with Crippen LogP contribution in [0.15, 0.2) is 54.6 Å². The molecule has 2 unspecified atom stereocenters. The Bertz CT molecular complexity index is 1220. The van der Waals surface area contributed by atoms with Crippen molar-refractivity contribution in [2.45, 2.75) is 18.8 Å². The zero-order valence-corrected chi connectivity index (χ0v) is 17.8. The molecule has 1 aliphatic rings. The second-order valence-corrected chi connectivity index (χ2v) is 7.98. The molecule has 0 spiro atoms. The maximum Gasteiger partial charge on any atom is 0.122 e. The average Bonchev–Trinajstić information content (AvgIpc) is 2.79. The van der Waals surface area contributed by atoms with Gasteiger partial charge in [0.05, 0.1) is 26.4 Å². The summed E-state index contributed by atoms with van der Waals surface area (Å²) in [5, 5.41) is 36.1. The molecule has 0 fully saturated rings. The first kappa shape index (κ1) is 21.7. The topological polar surface area (TPSA) is 79.2 Å². The van der Waals surface area contributed by atoms with Crippen LogP contribution in [-0.2, 0) is 22.7 Å². The van der Waals surface area contributed by atoms with Crippen LogP contribution in [0.5, 0.6) is 0 Å². The number of rotatable bonds is 7. The van der Waals surface area contributed by atoms with E-state index < -0.39 is 11.5 Å². The van der Waals surface area contributed by atoms with E-state index in [1.54, 1.807) is 14.2 Å². The van der Waals surface area contributed by atoms with Gasteiger partial charge in [-0.2, -0.15) is 0 Å². The molecule has 2 atom stereocenters. The van der Waals surface area contributed by atoms with E-state index in [1.807, 2.05) is 60.7 Å². The molecule has 31 heavy (non-hydrogen) atoms. The molecule has 0 amide bonds. The monoisotopic (exact) mass is 420 g/mol. The van der Waals surface area contributed by atoms with E-state index in [0.717, 1.165) is 37.9 Å². The molecule has 4 rings (SSSR count). The first-order chi connectivity index (χ1) is 15.1. The van der Waals surface area contributed by atoms with Crippen molar-refractivity contribution in [1.82, 2.24) is 0 Å². The smallest absolute Gasteiger partial charge is 0.122 e. The molecule has 0 saturated heterocycles. The number of hydrogen-bond acceptors (Lipinski definition) is 5. The molecule has 3 aromatic rings. The summed E-state index contributed by atoms with van der Waals surface area (Å²) in [7, 11) is 3.16. The predicted molar refractivity (Wildman–Crippen MR) is 121 cm³/mol. The number of hydrogen-bond donors (Lipinski definition) is 3. The van der Waals surface area contributed by atoms with Crippen LogP contribution in [-0.4, -0.2) is 48.4 Å². The van der Waals surface area contributed by atoms with Crippen LogP contribution in [0.4, 0.5) is 0 Å². The molecule has 5 nitrogen and oxygen atoms in total. The fourth-order valence-electron chi connectivity index (χ4n) is 4.78. The minimum Gasteiger partial charge on any atom is -0.396 e. The van der Waals surface area contributed by atoms with E-state index in [9.17, 15) is 15.3 Å². The average molecular weight is 421 g/mol. The Labute approximate surface area is 181 Å². The summed E-state index contributed by atoms with van der Waals surface area (Å²) in [6.07, 6.45) is 1.91. The van der Waals surface area contributed by atoms with E-state index in [2.05, 4.69) is 0 Å². The van der Waals surface area contributed by atoms with Gasteiger partial charge in [0.15, 0.2) is 0 Å². The van der Waals surface area contributed by atoms with Gasteiger partial charge in [-0.25, -0.2) is 0 Å². The van der Waals surface area contributed by atoms with Gasteiger partial charge in [0.2, 0.25) is 0 Å². The first-order valence-electron chi connectivity index (χ1n) is 10.4. The maximum atomic E-state index is 12.1. The highest BCUT2D eigenvalue weighted by Gasteiger charge is 2.43. The lowest BCUT2D eigenvalue weighted by Crippen LogP contribution is -2.53. The van der Waals surface area contributed by atoms with Crippen LogP contribution in [0.2, 0.25) is 0 Å². The highest BCUT2D eigenvalue weighted by Crippen LogP contribution is 2.40. The summed E-state index contributed by atoms with van der Waals surface area (Å²) in [5.41, 5.74) is 1.61. The zero-order valence-electron chi connectivity index (χ0n) is 17.8. The molecule has 1 aliphatic carbocycles. The summed E-state index contributed by atoms with van der Waals surface area (Å²) >= 11 is 0. The normalized spacial score (nSPS) is 20.5. The molecule has 0 heterocycles. The molecule has 0 saturated carbocycles. The zero-order chi connectivity index (χ0) is 22.0. The lowest BCUT2D eigenvalue weighted by atomic mass is 9.72. The minimum atomic E-state index is -1.46. The SMILES string of the molecule is COCc1c(CO)cc2ccccc2c1C1=c2ccccc2=CC(CO)C1(O)COC. The van der Waals surface area contributed by atoms with Gasteiger partial charge in [-0.15, -0.1) is 0 Å². The van der Waals surface area contributed by atoms with Gasteiger partial charge in [-0.3, -0.25) is 0 Å². The van der Waals surface area contributed by atoms with E-state index in [4.69, 9.17) is 9.47 Å². The van der Waals surface area contributed by atoms with Crippen molar-refractivity contribution < 1.29 is 24.8 Å². The summed E-state index contributed by atoms with van der Waals surface area (Å²) in [6.45, 7) is -0.0839. The van der Waals surface area contributed by atoms with Gasteiger partial charge in [0, 0.05) is 25.7 Å². The van der Waals surface area contributed by atoms with E-state index in [0.29, 0.717) is 5.57 Å². The van der Waals surface area contributed by atoms with E-state index in [1.165, 1.54) is 0 Å². The third kappa shape index (κ3) is 3.59. The minimum absolute atomic E-state index is 0.0164. The molecule has 0 bridgehead atoms. The maximum absolute atomic E-state index is 12.1. The van der Waals surface area contributed by atoms with Crippen molar-refractivity contribution in [3.63, 3.8) is 0 Å². The Kier molecular flexibility index (Phi) is 6.23. The molecule has 0 radical (unpaired) electrons. The van der Waals surface area contributed by atoms with Gasteiger partial charge in [-0.1, -0.05) is 54.6 Å². The molecule has 0 aromatic heterocycles. The Balaban J connectivity index is 2.24. The number of aliphatic hydroxyl groups is 3. The van der Waals surface area contributed by atoms with E-state index in [-0.39, 0.29) is 26.4 Å². The molecule has 0 aliphatic heterocycles. The predicted octanol–water partition coefficient (Wildman–Crippen LogP) is 1.46. The van der Waals surface area contributed by atoms with Crippen LogP contribution in [0, 0.1) is 5.92 Å². The number of fused-ring (bicyclic) bond motifs is 2. The number of ether oxygens (including phenoxy) is 2. The Morgan fingerprint density at radius 3 is 2.42 bits per heavy atom. The lowest BCUT2D eigenvalue weighted by Gasteiger charge is -2.39. The van der Waals surface area contributed by atoms with Gasteiger partial charge < -0.3 is 24.8 Å². The van der Waals surface area contributed by atoms with Crippen molar-refractivity contribution in [3.05, 3.63) is 81.7 Å².